The first-order chi connectivity index (χ1) is 14.1. The second-order valence-corrected chi connectivity index (χ2v) is 7.36. The van der Waals surface area contributed by atoms with Gasteiger partial charge in [0, 0.05) is 12.1 Å². The van der Waals surface area contributed by atoms with E-state index in [0.29, 0.717) is 23.1 Å². The molecule has 0 spiro atoms. The molecule has 1 N–H and O–H groups in total. The van der Waals surface area contributed by atoms with Crippen molar-refractivity contribution in [3.05, 3.63) is 100 Å². The summed E-state index contributed by atoms with van der Waals surface area (Å²) in [6, 6.07) is 22.7. The van der Waals surface area contributed by atoms with E-state index in [4.69, 9.17) is 4.98 Å². The van der Waals surface area contributed by atoms with Crippen molar-refractivity contribution in [1.82, 2.24) is 9.55 Å². The number of aryl methyl sites for hydroxylation is 1. The van der Waals surface area contributed by atoms with Crippen LogP contribution in [0.3, 0.4) is 0 Å². The highest BCUT2D eigenvalue weighted by Gasteiger charge is 2.32. The average molecular weight is 381 g/mol. The van der Waals surface area contributed by atoms with E-state index in [0.717, 1.165) is 22.5 Å². The lowest BCUT2D eigenvalue weighted by Crippen LogP contribution is -2.26. The zero-order valence-corrected chi connectivity index (χ0v) is 15.9. The van der Waals surface area contributed by atoms with Crippen molar-refractivity contribution >= 4 is 22.5 Å². The normalized spacial score (nSPS) is 15.3. The Labute approximate surface area is 167 Å². The third kappa shape index (κ3) is 2.91. The second-order valence-electron chi connectivity index (χ2n) is 7.36. The maximum Gasteiger partial charge on any atom is 0.265 e. The van der Waals surface area contributed by atoms with E-state index in [1.807, 2.05) is 73.7 Å². The van der Waals surface area contributed by atoms with Crippen molar-refractivity contribution in [3.63, 3.8) is 0 Å². The van der Waals surface area contributed by atoms with E-state index >= 15 is 0 Å². The molecule has 29 heavy (non-hydrogen) atoms. The van der Waals surface area contributed by atoms with Crippen LogP contribution in [0.15, 0.2) is 77.6 Å². The Morgan fingerprint density at radius 3 is 2.55 bits per heavy atom. The Balaban J connectivity index is 1.70. The fourth-order valence-electron chi connectivity index (χ4n) is 3.99. The molecular weight excluding hydrogens is 362 g/mol. The predicted molar refractivity (Wildman–Crippen MR) is 114 cm³/mol. The predicted octanol–water partition coefficient (Wildman–Crippen LogP) is 3.97. The molecule has 1 aliphatic heterocycles. The Kier molecular flexibility index (Phi) is 4.02. The Hall–Kier alpha value is -3.73. The van der Waals surface area contributed by atoms with Crippen molar-refractivity contribution in [3.8, 4) is 5.69 Å². The molecule has 0 radical (unpaired) electrons. The van der Waals surface area contributed by atoms with Gasteiger partial charge in [0.2, 0.25) is 5.91 Å². The van der Waals surface area contributed by atoms with Gasteiger partial charge in [0.05, 0.1) is 22.5 Å². The number of anilines is 1. The number of carbonyl (C=O) groups is 1. The molecule has 1 amide bonds. The summed E-state index contributed by atoms with van der Waals surface area (Å²) in [5, 5.41) is 3.51. The number of nitrogens with zero attached hydrogens (tertiary/aromatic N) is 2. The summed E-state index contributed by atoms with van der Waals surface area (Å²) in [4.78, 5) is 30.8. The highest BCUT2D eigenvalue weighted by molar-refractivity contribution is 6.03. The van der Waals surface area contributed by atoms with Crippen LogP contribution in [0.25, 0.3) is 16.6 Å². The molecule has 5 heteroatoms. The molecule has 1 atom stereocenters. The lowest BCUT2D eigenvalue weighted by atomic mass is 9.95. The van der Waals surface area contributed by atoms with Crippen LogP contribution in [0.5, 0.6) is 0 Å². The number of carbonyl (C=O) groups excluding carboxylic acids is 1. The number of fused-ring (bicyclic) bond motifs is 2. The van der Waals surface area contributed by atoms with Gasteiger partial charge in [-0.3, -0.25) is 14.2 Å². The van der Waals surface area contributed by atoms with E-state index in [2.05, 4.69) is 5.32 Å². The van der Waals surface area contributed by atoms with Crippen LogP contribution in [0.2, 0.25) is 0 Å². The molecular formula is C24H19N3O2. The number of para-hydroxylation sites is 2. The molecule has 0 saturated heterocycles. The molecule has 4 aromatic rings. The fourth-order valence-corrected chi connectivity index (χ4v) is 3.99. The molecule has 5 nitrogen and oxygen atoms in total. The molecule has 0 fully saturated rings. The summed E-state index contributed by atoms with van der Waals surface area (Å²) in [5.74, 6) is 0.134. The lowest BCUT2D eigenvalue weighted by Gasteiger charge is -2.16. The molecule has 1 aliphatic rings. The molecule has 0 aliphatic carbocycles. The fraction of sp³-hybridized carbons (Fsp3) is 0.125. The minimum Gasteiger partial charge on any atom is -0.325 e. The van der Waals surface area contributed by atoms with Gasteiger partial charge in [-0.15, -0.1) is 0 Å². The summed E-state index contributed by atoms with van der Waals surface area (Å²) in [7, 11) is 0. The smallest absolute Gasteiger partial charge is 0.265 e. The summed E-state index contributed by atoms with van der Waals surface area (Å²) in [6.45, 7) is 2.01. The quantitative estimate of drug-likeness (QED) is 0.584. The van der Waals surface area contributed by atoms with Gasteiger partial charge in [-0.1, -0.05) is 48.0 Å². The van der Waals surface area contributed by atoms with Crippen molar-refractivity contribution < 1.29 is 4.79 Å². The topological polar surface area (TPSA) is 64.0 Å². The first-order valence-corrected chi connectivity index (χ1v) is 9.59. The van der Waals surface area contributed by atoms with Gasteiger partial charge in [0.15, 0.2) is 0 Å². The first kappa shape index (κ1) is 17.4. The maximum atomic E-state index is 13.3. The Bertz CT molecular complexity index is 1310. The van der Waals surface area contributed by atoms with Crippen molar-refractivity contribution in [2.45, 2.75) is 19.3 Å². The summed E-state index contributed by atoms with van der Waals surface area (Å²) in [5.41, 5.74) is 4.14. The molecule has 142 valence electrons. The first-order valence-electron chi connectivity index (χ1n) is 9.59. The minimum absolute atomic E-state index is 0.0624. The highest BCUT2D eigenvalue weighted by atomic mass is 16.2. The summed E-state index contributed by atoms with van der Waals surface area (Å²) in [6.07, 6.45) is 0.344. The van der Waals surface area contributed by atoms with Crippen LogP contribution in [0.1, 0.15) is 22.9 Å². The van der Waals surface area contributed by atoms with Crippen LogP contribution in [0.4, 0.5) is 5.69 Å². The number of rotatable bonds is 3. The van der Waals surface area contributed by atoms with Gasteiger partial charge in [0.1, 0.15) is 5.82 Å². The third-order valence-electron chi connectivity index (χ3n) is 5.40. The molecule has 0 bridgehead atoms. The van der Waals surface area contributed by atoms with E-state index in [1.165, 1.54) is 0 Å². The SMILES string of the molecule is Cc1ccc2c(c1)C(Cc1nc3ccccc3c(=O)n1-c1ccccc1)C(=O)N2. The lowest BCUT2D eigenvalue weighted by molar-refractivity contribution is -0.117. The summed E-state index contributed by atoms with van der Waals surface area (Å²) >= 11 is 0. The Morgan fingerprint density at radius 1 is 0.966 bits per heavy atom. The maximum absolute atomic E-state index is 13.3. The van der Waals surface area contributed by atoms with Gasteiger partial charge in [0.25, 0.3) is 5.56 Å². The monoisotopic (exact) mass is 381 g/mol. The van der Waals surface area contributed by atoms with Crippen LogP contribution in [-0.4, -0.2) is 15.5 Å². The number of aromatic nitrogens is 2. The Morgan fingerprint density at radius 2 is 1.72 bits per heavy atom. The van der Waals surface area contributed by atoms with Crippen molar-refractivity contribution in [2.24, 2.45) is 0 Å². The number of benzene rings is 3. The molecule has 3 aromatic carbocycles. The zero-order chi connectivity index (χ0) is 20.0. The standard InChI is InChI=1S/C24H19N3O2/c1-15-11-12-21-18(13-15)19(23(28)26-21)14-22-25-20-10-6-5-9-17(20)24(29)27(22)16-7-3-2-4-8-16/h2-13,19H,14H2,1H3,(H,26,28). The van der Waals surface area contributed by atoms with Gasteiger partial charge in [-0.2, -0.15) is 0 Å². The molecule has 0 saturated carbocycles. The minimum atomic E-state index is -0.382. The molecule has 5 rings (SSSR count). The van der Waals surface area contributed by atoms with Gasteiger partial charge in [-0.25, -0.2) is 4.98 Å². The van der Waals surface area contributed by atoms with Gasteiger partial charge in [-0.05, 0) is 42.8 Å². The largest absolute Gasteiger partial charge is 0.325 e. The van der Waals surface area contributed by atoms with E-state index in [-0.39, 0.29) is 17.4 Å². The third-order valence-corrected chi connectivity index (χ3v) is 5.40. The van der Waals surface area contributed by atoms with Crippen LogP contribution < -0.4 is 10.9 Å². The van der Waals surface area contributed by atoms with Gasteiger partial charge < -0.3 is 5.32 Å². The van der Waals surface area contributed by atoms with E-state index in [1.54, 1.807) is 10.6 Å². The molecule has 2 heterocycles. The molecule has 1 unspecified atom stereocenters. The van der Waals surface area contributed by atoms with Crippen LogP contribution in [-0.2, 0) is 11.2 Å². The number of hydrogen-bond acceptors (Lipinski definition) is 3. The zero-order valence-electron chi connectivity index (χ0n) is 15.9. The number of amides is 1. The average Bonchev–Trinajstić information content (AvgIpc) is 3.03. The number of hydrogen-bond donors (Lipinski definition) is 1. The van der Waals surface area contributed by atoms with Crippen molar-refractivity contribution in [2.75, 3.05) is 5.32 Å². The molecule has 1 aromatic heterocycles. The highest BCUT2D eigenvalue weighted by Crippen LogP contribution is 2.35. The number of nitrogens with one attached hydrogen (secondary N) is 1. The second kappa shape index (κ2) is 6.71. The van der Waals surface area contributed by atoms with E-state index < -0.39 is 0 Å². The van der Waals surface area contributed by atoms with Gasteiger partial charge >= 0.3 is 0 Å². The van der Waals surface area contributed by atoms with Crippen LogP contribution in [0, 0.1) is 6.92 Å². The van der Waals surface area contributed by atoms with Crippen molar-refractivity contribution in [1.29, 1.82) is 0 Å². The van der Waals surface area contributed by atoms with Crippen LogP contribution >= 0.6 is 0 Å². The van der Waals surface area contributed by atoms with E-state index in [9.17, 15) is 9.59 Å². The summed E-state index contributed by atoms with van der Waals surface area (Å²) < 4.78 is 1.63.